The lowest BCUT2D eigenvalue weighted by Gasteiger charge is -2.14. The molecule has 0 aliphatic carbocycles. The van der Waals surface area contributed by atoms with E-state index < -0.39 is 17.8 Å². The number of anilines is 1. The molecule has 1 aliphatic rings. The Balaban J connectivity index is 1.56. The number of aromatic nitrogens is 2. The minimum absolute atomic E-state index is 0.0740. The number of benzene rings is 2. The number of carbonyl (C=O) groups excluding carboxylic acids is 1. The van der Waals surface area contributed by atoms with Gasteiger partial charge in [-0.1, -0.05) is 23.4 Å². The number of alkyl halides is 3. The van der Waals surface area contributed by atoms with Crippen molar-refractivity contribution in [1.82, 2.24) is 15.5 Å². The number of rotatable bonds is 4. The van der Waals surface area contributed by atoms with Crippen LogP contribution >= 0.6 is 0 Å². The molecule has 144 valence electrons. The third-order valence-electron chi connectivity index (χ3n) is 4.48. The Morgan fingerprint density at radius 3 is 2.79 bits per heavy atom. The van der Waals surface area contributed by atoms with E-state index in [-0.39, 0.29) is 23.2 Å². The summed E-state index contributed by atoms with van der Waals surface area (Å²) in [7, 11) is 0. The van der Waals surface area contributed by atoms with Crippen molar-refractivity contribution in [3.8, 4) is 11.4 Å². The van der Waals surface area contributed by atoms with Crippen LogP contribution in [0.2, 0.25) is 0 Å². The zero-order valence-electron chi connectivity index (χ0n) is 14.7. The van der Waals surface area contributed by atoms with Crippen LogP contribution in [0.3, 0.4) is 0 Å². The van der Waals surface area contributed by atoms with Gasteiger partial charge in [-0.05, 0) is 31.2 Å². The maximum absolute atomic E-state index is 12.9. The third kappa shape index (κ3) is 3.30. The van der Waals surface area contributed by atoms with Crippen LogP contribution in [0, 0.1) is 0 Å². The molecule has 9 heteroatoms. The lowest BCUT2D eigenvalue weighted by Crippen LogP contribution is -2.12. The van der Waals surface area contributed by atoms with Crippen LogP contribution in [0.5, 0.6) is 0 Å². The van der Waals surface area contributed by atoms with E-state index in [0.29, 0.717) is 12.1 Å². The van der Waals surface area contributed by atoms with Gasteiger partial charge in [0.25, 0.3) is 5.91 Å². The van der Waals surface area contributed by atoms with Gasteiger partial charge in [0.1, 0.15) is 6.04 Å². The van der Waals surface area contributed by atoms with Gasteiger partial charge in [0.15, 0.2) is 0 Å². The van der Waals surface area contributed by atoms with Gasteiger partial charge >= 0.3 is 6.18 Å². The molecule has 0 radical (unpaired) electrons. The minimum Gasteiger partial charge on any atom is -0.374 e. The van der Waals surface area contributed by atoms with Gasteiger partial charge in [-0.3, -0.25) is 4.79 Å². The van der Waals surface area contributed by atoms with E-state index in [9.17, 15) is 18.0 Å². The molecule has 28 heavy (non-hydrogen) atoms. The number of amides is 1. The van der Waals surface area contributed by atoms with Crippen molar-refractivity contribution in [3.05, 3.63) is 65.0 Å². The summed E-state index contributed by atoms with van der Waals surface area (Å²) < 4.78 is 43.9. The van der Waals surface area contributed by atoms with Crippen molar-refractivity contribution in [2.45, 2.75) is 25.7 Å². The first-order valence-electron chi connectivity index (χ1n) is 8.51. The molecule has 0 fully saturated rings. The van der Waals surface area contributed by atoms with E-state index in [1.54, 1.807) is 19.1 Å². The van der Waals surface area contributed by atoms with Crippen LogP contribution in [0.4, 0.5) is 18.9 Å². The van der Waals surface area contributed by atoms with Crippen LogP contribution in [-0.4, -0.2) is 16.0 Å². The SMILES string of the molecule is CC(Nc1cccc2c1CNC2=O)c1nc(-c2cccc(C(F)(F)F)c2)no1. The van der Waals surface area contributed by atoms with E-state index in [4.69, 9.17) is 4.52 Å². The molecule has 1 unspecified atom stereocenters. The summed E-state index contributed by atoms with van der Waals surface area (Å²) in [5, 5.41) is 9.77. The highest BCUT2D eigenvalue weighted by Crippen LogP contribution is 2.32. The Kier molecular flexibility index (Phi) is 4.29. The van der Waals surface area contributed by atoms with Gasteiger partial charge in [0.05, 0.1) is 5.56 Å². The van der Waals surface area contributed by atoms with Gasteiger partial charge in [0.2, 0.25) is 11.7 Å². The fraction of sp³-hybridized carbons (Fsp3) is 0.211. The zero-order chi connectivity index (χ0) is 19.9. The molecule has 6 nitrogen and oxygen atoms in total. The number of hydrogen-bond acceptors (Lipinski definition) is 5. The second-order valence-electron chi connectivity index (χ2n) is 6.42. The van der Waals surface area contributed by atoms with Crippen LogP contribution in [-0.2, 0) is 12.7 Å². The fourth-order valence-corrected chi connectivity index (χ4v) is 3.05. The number of nitrogens with zero attached hydrogens (tertiary/aromatic N) is 2. The maximum atomic E-state index is 12.9. The molecule has 2 aromatic carbocycles. The summed E-state index contributed by atoms with van der Waals surface area (Å²) in [6.45, 7) is 2.20. The lowest BCUT2D eigenvalue weighted by atomic mass is 10.1. The Hall–Kier alpha value is -3.36. The smallest absolute Gasteiger partial charge is 0.374 e. The Morgan fingerprint density at radius 2 is 2.00 bits per heavy atom. The van der Waals surface area contributed by atoms with E-state index >= 15 is 0 Å². The van der Waals surface area contributed by atoms with Crippen molar-refractivity contribution < 1.29 is 22.5 Å². The summed E-state index contributed by atoms with van der Waals surface area (Å²) in [6.07, 6.45) is -4.45. The fourth-order valence-electron chi connectivity index (χ4n) is 3.05. The van der Waals surface area contributed by atoms with Crippen molar-refractivity contribution in [3.63, 3.8) is 0 Å². The zero-order valence-corrected chi connectivity index (χ0v) is 14.7. The van der Waals surface area contributed by atoms with Gasteiger partial charge in [-0.2, -0.15) is 18.2 Å². The minimum atomic E-state index is -4.45. The van der Waals surface area contributed by atoms with Gasteiger partial charge in [-0.25, -0.2) is 0 Å². The highest BCUT2D eigenvalue weighted by atomic mass is 19.4. The highest BCUT2D eigenvalue weighted by Gasteiger charge is 2.31. The summed E-state index contributed by atoms with van der Waals surface area (Å²) >= 11 is 0. The van der Waals surface area contributed by atoms with Crippen molar-refractivity contribution in [1.29, 1.82) is 0 Å². The van der Waals surface area contributed by atoms with E-state index in [0.717, 1.165) is 23.4 Å². The highest BCUT2D eigenvalue weighted by molar-refractivity contribution is 6.00. The number of fused-ring (bicyclic) bond motifs is 1. The maximum Gasteiger partial charge on any atom is 0.416 e. The second-order valence-corrected chi connectivity index (χ2v) is 6.42. The predicted octanol–water partition coefficient (Wildman–Crippen LogP) is 4.17. The largest absolute Gasteiger partial charge is 0.416 e. The average Bonchev–Trinajstić information content (AvgIpc) is 3.30. The molecule has 1 aliphatic heterocycles. The molecule has 0 saturated carbocycles. The Bertz CT molecular complexity index is 1050. The summed E-state index contributed by atoms with van der Waals surface area (Å²) in [4.78, 5) is 16.0. The second kappa shape index (κ2) is 6.66. The van der Waals surface area contributed by atoms with Crippen LogP contribution in [0.15, 0.2) is 47.0 Å². The molecule has 0 saturated heterocycles. The molecule has 0 bridgehead atoms. The molecular weight excluding hydrogens is 373 g/mol. The predicted molar refractivity (Wildman–Crippen MR) is 94.4 cm³/mol. The number of hydrogen-bond donors (Lipinski definition) is 2. The first-order chi connectivity index (χ1) is 13.3. The van der Waals surface area contributed by atoms with E-state index in [2.05, 4.69) is 20.8 Å². The molecule has 4 rings (SSSR count). The lowest BCUT2D eigenvalue weighted by molar-refractivity contribution is -0.137. The molecular formula is C19H15F3N4O2. The molecule has 2 N–H and O–H groups in total. The summed E-state index contributed by atoms with van der Waals surface area (Å²) in [6, 6.07) is 9.69. The standard InChI is InChI=1S/C19H15F3N4O2/c1-10(24-15-7-3-6-13-14(15)9-23-17(13)27)18-25-16(26-28-18)11-4-2-5-12(8-11)19(20,21)22/h2-8,10,24H,9H2,1H3,(H,23,27). The number of nitrogens with one attached hydrogen (secondary N) is 2. The van der Waals surface area contributed by atoms with Gasteiger partial charge < -0.3 is 15.2 Å². The third-order valence-corrected chi connectivity index (χ3v) is 4.48. The van der Waals surface area contributed by atoms with Crippen molar-refractivity contribution in [2.24, 2.45) is 0 Å². The van der Waals surface area contributed by atoms with Gasteiger partial charge in [0, 0.05) is 28.9 Å². The van der Waals surface area contributed by atoms with Crippen LogP contribution in [0.25, 0.3) is 11.4 Å². The molecule has 0 spiro atoms. The first kappa shape index (κ1) is 18.0. The van der Waals surface area contributed by atoms with E-state index in [1.807, 2.05) is 6.07 Å². The van der Waals surface area contributed by atoms with Crippen LogP contribution < -0.4 is 10.6 Å². The van der Waals surface area contributed by atoms with Crippen molar-refractivity contribution >= 4 is 11.6 Å². The molecule has 3 aromatic rings. The molecule has 1 atom stereocenters. The number of halogens is 3. The normalized spacial score (nSPS) is 14.5. The Labute approximate surface area is 157 Å². The summed E-state index contributed by atoms with van der Waals surface area (Å²) in [5.41, 5.74) is 1.64. The average molecular weight is 388 g/mol. The van der Waals surface area contributed by atoms with Crippen molar-refractivity contribution in [2.75, 3.05) is 5.32 Å². The van der Waals surface area contributed by atoms with E-state index in [1.165, 1.54) is 12.1 Å². The first-order valence-corrected chi connectivity index (χ1v) is 8.51. The molecule has 1 aromatic heterocycles. The quantitative estimate of drug-likeness (QED) is 0.701. The summed E-state index contributed by atoms with van der Waals surface area (Å²) in [5.74, 6) is 0.170. The monoisotopic (exact) mass is 388 g/mol. The van der Waals surface area contributed by atoms with Gasteiger partial charge in [-0.15, -0.1) is 0 Å². The molecule has 2 heterocycles. The number of carbonyl (C=O) groups is 1. The Morgan fingerprint density at radius 1 is 1.21 bits per heavy atom. The van der Waals surface area contributed by atoms with Crippen LogP contribution in [0.1, 0.15) is 40.3 Å². The molecule has 1 amide bonds. The topological polar surface area (TPSA) is 80.0 Å².